The molecular formula is C28H17N3S. The molecule has 0 radical (unpaired) electrons. The minimum Gasteiger partial charge on any atom is -0.282 e. The van der Waals surface area contributed by atoms with Crippen molar-refractivity contribution in [3.05, 3.63) is 103 Å². The molecule has 7 aromatic rings. The summed E-state index contributed by atoms with van der Waals surface area (Å²) in [5.41, 5.74) is 4.43. The van der Waals surface area contributed by atoms with E-state index in [1.165, 1.54) is 36.7 Å². The number of thiophene rings is 1. The fourth-order valence-electron chi connectivity index (χ4n) is 4.59. The second kappa shape index (κ2) is 6.74. The SMILES string of the molecule is c1ccc2c(c1)ccn1c(-c3ccc(-c4cccc5c4sc4ccccc45)cc3)nnc21. The molecule has 0 atom stereocenters. The minimum absolute atomic E-state index is 0.859. The van der Waals surface area contributed by atoms with E-state index >= 15 is 0 Å². The number of rotatable bonds is 2. The van der Waals surface area contributed by atoms with E-state index in [1.54, 1.807) is 0 Å². The normalized spacial score (nSPS) is 11.8. The van der Waals surface area contributed by atoms with Crippen molar-refractivity contribution < 1.29 is 0 Å². The first-order valence-electron chi connectivity index (χ1n) is 10.6. The van der Waals surface area contributed by atoms with Crippen molar-refractivity contribution in [2.75, 3.05) is 0 Å². The van der Waals surface area contributed by atoms with Crippen LogP contribution in [0.2, 0.25) is 0 Å². The van der Waals surface area contributed by atoms with Gasteiger partial charge in [-0.15, -0.1) is 21.5 Å². The Morgan fingerprint density at radius 3 is 2.25 bits per heavy atom. The van der Waals surface area contributed by atoms with E-state index in [2.05, 4.69) is 106 Å². The first-order valence-corrected chi connectivity index (χ1v) is 11.4. The lowest BCUT2D eigenvalue weighted by Crippen LogP contribution is -1.90. The van der Waals surface area contributed by atoms with Gasteiger partial charge in [0.05, 0.1) is 0 Å². The number of aromatic nitrogens is 3. The predicted molar refractivity (Wildman–Crippen MR) is 134 cm³/mol. The Labute approximate surface area is 188 Å². The zero-order valence-corrected chi connectivity index (χ0v) is 17.9. The Bertz CT molecular complexity index is 1770. The summed E-state index contributed by atoms with van der Waals surface area (Å²) in [4.78, 5) is 0. The van der Waals surface area contributed by atoms with Crippen LogP contribution in [-0.2, 0) is 0 Å². The highest BCUT2D eigenvalue weighted by atomic mass is 32.1. The Morgan fingerprint density at radius 2 is 1.34 bits per heavy atom. The van der Waals surface area contributed by atoms with Crippen LogP contribution in [-0.4, -0.2) is 14.6 Å². The van der Waals surface area contributed by atoms with Gasteiger partial charge in [0.25, 0.3) is 0 Å². The molecule has 7 rings (SSSR count). The van der Waals surface area contributed by atoms with Gasteiger partial charge >= 0.3 is 0 Å². The molecule has 0 unspecified atom stereocenters. The highest BCUT2D eigenvalue weighted by Crippen LogP contribution is 2.40. The van der Waals surface area contributed by atoms with E-state index in [9.17, 15) is 0 Å². The van der Waals surface area contributed by atoms with Crippen LogP contribution >= 0.6 is 11.3 Å². The number of nitrogens with zero attached hydrogens (tertiary/aromatic N) is 3. The summed E-state index contributed by atoms with van der Waals surface area (Å²) >= 11 is 1.86. The van der Waals surface area contributed by atoms with Crippen LogP contribution in [0.15, 0.2) is 103 Å². The van der Waals surface area contributed by atoms with Gasteiger partial charge in [-0.1, -0.05) is 84.9 Å². The molecule has 4 aromatic carbocycles. The number of benzene rings is 4. The smallest absolute Gasteiger partial charge is 0.168 e. The fourth-order valence-corrected chi connectivity index (χ4v) is 5.83. The summed E-state index contributed by atoms with van der Waals surface area (Å²) in [6.45, 7) is 0. The first-order chi connectivity index (χ1) is 15.9. The van der Waals surface area contributed by atoms with Crippen molar-refractivity contribution in [3.63, 3.8) is 0 Å². The Kier molecular flexibility index (Phi) is 3.72. The molecule has 3 heterocycles. The van der Waals surface area contributed by atoms with Crippen LogP contribution in [0, 0.1) is 0 Å². The third-order valence-corrected chi connectivity index (χ3v) is 7.38. The molecule has 0 amide bonds. The van der Waals surface area contributed by atoms with E-state index in [0.717, 1.165) is 22.4 Å². The van der Waals surface area contributed by atoms with E-state index in [1.807, 2.05) is 23.5 Å². The topological polar surface area (TPSA) is 30.2 Å². The highest BCUT2D eigenvalue weighted by molar-refractivity contribution is 7.26. The van der Waals surface area contributed by atoms with Gasteiger partial charge in [-0.2, -0.15) is 0 Å². The summed E-state index contributed by atoms with van der Waals surface area (Å²) in [6, 6.07) is 34.3. The maximum Gasteiger partial charge on any atom is 0.168 e. The minimum atomic E-state index is 0.859. The van der Waals surface area contributed by atoms with E-state index in [0.29, 0.717) is 0 Å². The molecular weight excluding hydrogens is 410 g/mol. The molecule has 0 aliphatic heterocycles. The van der Waals surface area contributed by atoms with Crippen molar-refractivity contribution >= 4 is 47.9 Å². The third kappa shape index (κ3) is 2.53. The second-order valence-corrected chi connectivity index (χ2v) is 9.03. The van der Waals surface area contributed by atoms with Gasteiger partial charge in [-0.3, -0.25) is 4.40 Å². The molecule has 0 spiro atoms. The molecule has 0 bridgehead atoms. The van der Waals surface area contributed by atoms with Gasteiger partial charge in [0.2, 0.25) is 0 Å². The zero-order valence-electron chi connectivity index (χ0n) is 17.1. The van der Waals surface area contributed by atoms with E-state index < -0.39 is 0 Å². The Balaban J connectivity index is 1.36. The van der Waals surface area contributed by atoms with Crippen molar-refractivity contribution in [2.24, 2.45) is 0 Å². The predicted octanol–water partition coefficient (Wildman–Crippen LogP) is 7.58. The van der Waals surface area contributed by atoms with Gasteiger partial charge in [-0.25, -0.2) is 0 Å². The molecule has 3 nitrogen and oxygen atoms in total. The fraction of sp³-hybridized carbons (Fsp3) is 0. The van der Waals surface area contributed by atoms with E-state index in [4.69, 9.17) is 0 Å². The summed E-state index contributed by atoms with van der Waals surface area (Å²) in [5.74, 6) is 0.859. The zero-order chi connectivity index (χ0) is 21.1. The monoisotopic (exact) mass is 427 g/mol. The maximum absolute atomic E-state index is 4.51. The van der Waals surface area contributed by atoms with Crippen molar-refractivity contribution in [1.82, 2.24) is 14.6 Å². The molecule has 0 saturated carbocycles. The average Bonchev–Trinajstić information content (AvgIpc) is 3.46. The highest BCUT2D eigenvalue weighted by Gasteiger charge is 2.13. The van der Waals surface area contributed by atoms with Crippen molar-refractivity contribution in [3.8, 4) is 22.5 Å². The number of hydrogen-bond acceptors (Lipinski definition) is 3. The number of hydrogen-bond donors (Lipinski definition) is 0. The Hall–Kier alpha value is -4.02. The molecule has 150 valence electrons. The van der Waals surface area contributed by atoms with Gasteiger partial charge in [0, 0.05) is 37.3 Å². The molecule has 4 heteroatoms. The van der Waals surface area contributed by atoms with E-state index in [-0.39, 0.29) is 0 Å². The average molecular weight is 428 g/mol. The first kappa shape index (κ1) is 17.6. The summed E-state index contributed by atoms with van der Waals surface area (Å²) in [6.07, 6.45) is 2.05. The number of fused-ring (bicyclic) bond motifs is 6. The van der Waals surface area contributed by atoms with Crippen molar-refractivity contribution in [2.45, 2.75) is 0 Å². The maximum atomic E-state index is 4.51. The molecule has 0 aliphatic carbocycles. The summed E-state index contributed by atoms with van der Waals surface area (Å²) in [5, 5.41) is 13.9. The van der Waals surface area contributed by atoms with Crippen LogP contribution < -0.4 is 0 Å². The number of pyridine rings is 1. The summed E-state index contributed by atoms with van der Waals surface area (Å²) in [7, 11) is 0. The summed E-state index contributed by atoms with van der Waals surface area (Å²) < 4.78 is 4.74. The molecule has 0 N–H and O–H groups in total. The second-order valence-electron chi connectivity index (χ2n) is 7.98. The lowest BCUT2D eigenvalue weighted by atomic mass is 10.0. The standard InChI is InChI=1S/C28H17N3S/c1-2-7-22-18(6-1)16-17-31-27(29-30-28(22)31)20-14-12-19(13-15-20)21-9-5-10-24-23-8-3-4-11-25(23)32-26(21)24/h1-17H. The van der Waals surface area contributed by atoms with Gasteiger partial charge in [0.1, 0.15) is 0 Å². The molecule has 32 heavy (non-hydrogen) atoms. The van der Waals surface area contributed by atoms with Crippen LogP contribution in [0.5, 0.6) is 0 Å². The van der Waals surface area contributed by atoms with Gasteiger partial charge < -0.3 is 0 Å². The lowest BCUT2D eigenvalue weighted by molar-refractivity contribution is 1.11. The van der Waals surface area contributed by atoms with Crippen LogP contribution in [0.4, 0.5) is 0 Å². The third-order valence-electron chi connectivity index (χ3n) is 6.16. The molecule has 0 fully saturated rings. The molecule has 0 saturated heterocycles. The lowest BCUT2D eigenvalue weighted by Gasteiger charge is -2.06. The van der Waals surface area contributed by atoms with Gasteiger partial charge in [0.15, 0.2) is 11.5 Å². The van der Waals surface area contributed by atoms with Crippen LogP contribution in [0.1, 0.15) is 0 Å². The van der Waals surface area contributed by atoms with Gasteiger partial charge in [-0.05, 0) is 28.6 Å². The largest absolute Gasteiger partial charge is 0.282 e. The molecule has 0 aliphatic rings. The Morgan fingerprint density at radius 1 is 0.594 bits per heavy atom. The molecule has 3 aromatic heterocycles. The van der Waals surface area contributed by atoms with Crippen LogP contribution in [0.3, 0.4) is 0 Å². The van der Waals surface area contributed by atoms with Crippen molar-refractivity contribution in [1.29, 1.82) is 0 Å². The quantitative estimate of drug-likeness (QED) is 0.285. The van der Waals surface area contributed by atoms with Crippen LogP contribution in [0.25, 0.3) is 59.1 Å².